The van der Waals surface area contributed by atoms with Gasteiger partial charge in [-0.2, -0.15) is 13.5 Å². The number of Topliss-reactive ketones (excluding diaryl/α,β-unsaturated/α-hetero) is 1. The number of para-hydroxylation sites is 1. The first-order valence-corrected chi connectivity index (χ1v) is 8.82. The van der Waals surface area contributed by atoms with Crippen molar-refractivity contribution in [2.75, 3.05) is 16.8 Å². The van der Waals surface area contributed by atoms with Crippen molar-refractivity contribution < 1.29 is 13.2 Å². The number of halogens is 1. The standard InChI is InChI=1S/C13H10ClN3O3S2/c1-17-10-6-7-21-12(10)11(18)13(22(17,19)20)16-15-9-5-3-2-4-8(9)14/h2-7,15H,1H3/b16-13+. The lowest BCUT2D eigenvalue weighted by Gasteiger charge is -2.24. The molecule has 0 saturated heterocycles. The highest BCUT2D eigenvalue weighted by Crippen LogP contribution is 2.33. The molecule has 0 aliphatic carbocycles. The average Bonchev–Trinajstić information content (AvgIpc) is 2.96. The smallest absolute Gasteiger partial charge is 0.285 e. The second-order valence-electron chi connectivity index (χ2n) is 4.45. The Morgan fingerprint density at radius 2 is 2.00 bits per heavy atom. The normalized spacial score (nSPS) is 18.4. The Kier molecular flexibility index (Phi) is 3.67. The van der Waals surface area contributed by atoms with Crippen LogP contribution in [0.2, 0.25) is 5.02 Å². The topological polar surface area (TPSA) is 78.8 Å². The number of sulfonamides is 1. The Bertz CT molecular complexity index is 889. The van der Waals surface area contributed by atoms with Gasteiger partial charge in [0.15, 0.2) is 0 Å². The first-order chi connectivity index (χ1) is 10.4. The fourth-order valence-electron chi connectivity index (χ4n) is 1.97. The minimum absolute atomic E-state index is 0.344. The number of nitrogens with one attached hydrogen (secondary N) is 1. The van der Waals surface area contributed by atoms with Gasteiger partial charge in [0.2, 0.25) is 10.8 Å². The number of hydrogen-bond acceptors (Lipinski definition) is 6. The van der Waals surface area contributed by atoms with E-state index in [9.17, 15) is 13.2 Å². The van der Waals surface area contributed by atoms with Crippen LogP contribution < -0.4 is 9.73 Å². The molecule has 1 aliphatic rings. The van der Waals surface area contributed by atoms with Crippen molar-refractivity contribution in [1.82, 2.24) is 0 Å². The number of carbonyl (C=O) groups is 1. The largest absolute Gasteiger partial charge is 0.287 e. The highest BCUT2D eigenvalue weighted by atomic mass is 35.5. The van der Waals surface area contributed by atoms with E-state index in [0.29, 0.717) is 21.3 Å². The molecule has 0 atom stereocenters. The number of hydrogen-bond donors (Lipinski definition) is 1. The minimum atomic E-state index is -3.98. The van der Waals surface area contributed by atoms with Crippen LogP contribution in [0.15, 0.2) is 40.8 Å². The number of thiophene rings is 1. The molecular weight excluding hydrogens is 346 g/mol. The third kappa shape index (κ3) is 2.29. The van der Waals surface area contributed by atoms with Crippen molar-refractivity contribution >= 4 is 55.2 Å². The molecule has 0 bridgehead atoms. The highest BCUT2D eigenvalue weighted by Gasteiger charge is 2.41. The van der Waals surface area contributed by atoms with Gasteiger partial charge in [-0.3, -0.25) is 14.5 Å². The third-order valence-corrected chi connectivity index (χ3v) is 6.06. The molecule has 1 aromatic carbocycles. The van der Waals surface area contributed by atoms with E-state index in [2.05, 4.69) is 10.5 Å². The van der Waals surface area contributed by atoms with Gasteiger partial charge in [-0.1, -0.05) is 23.7 Å². The van der Waals surface area contributed by atoms with Crippen LogP contribution in [-0.4, -0.2) is 26.3 Å². The van der Waals surface area contributed by atoms with Crippen molar-refractivity contribution in [1.29, 1.82) is 0 Å². The predicted octanol–water partition coefficient (Wildman–Crippen LogP) is 2.79. The second kappa shape index (κ2) is 5.38. The minimum Gasteiger partial charge on any atom is -0.285 e. The number of hydrazone groups is 1. The van der Waals surface area contributed by atoms with E-state index in [-0.39, 0.29) is 0 Å². The number of rotatable bonds is 2. The van der Waals surface area contributed by atoms with E-state index < -0.39 is 20.9 Å². The Balaban J connectivity index is 2.05. The van der Waals surface area contributed by atoms with E-state index in [0.717, 1.165) is 4.31 Å². The van der Waals surface area contributed by atoms with E-state index in [4.69, 9.17) is 11.6 Å². The van der Waals surface area contributed by atoms with Crippen LogP contribution in [0, 0.1) is 0 Å². The number of fused-ring (bicyclic) bond motifs is 1. The van der Waals surface area contributed by atoms with Gasteiger partial charge in [-0.25, -0.2) is 0 Å². The number of anilines is 2. The fourth-order valence-corrected chi connectivity index (χ4v) is 4.30. The number of nitrogens with zero attached hydrogens (tertiary/aromatic N) is 2. The maximum atomic E-state index is 12.4. The predicted molar refractivity (Wildman–Crippen MR) is 88.5 cm³/mol. The summed E-state index contributed by atoms with van der Waals surface area (Å²) in [5.74, 6) is -0.623. The molecule has 0 saturated carbocycles. The number of carbonyl (C=O) groups excluding carboxylic acids is 1. The van der Waals surface area contributed by atoms with Gasteiger partial charge in [-0.05, 0) is 23.6 Å². The summed E-state index contributed by atoms with van der Waals surface area (Å²) < 4.78 is 25.8. The Hall–Kier alpha value is -1.90. The lowest BCUT2D eigenvalue weighted by molar-refractivity contribution is 0.107. The van der Waals surface area contributed by atoms with Gasteiger partial charge in [0, 0.05) is 7.05 Å². The van der Waals surface area contributed by atoms with Crippen LogP contribution in [0.4, 0.5) is 11.4 Å². The SMILES string of the molecule is CN1c2ccsc2C(=O)/C(=N\Nc2ccccc2Cl)S1(=O)=O. The molecule has 0 spiro atoms. The average molecular weight is 356 g/mol. The van der Waals surface area contributed by atoms with Crippen molar-refractivity contribution in [3.8, 4) is 0 Å². The van der Waals surface area contributed by atoms with Gasteiger partial charge >= 0.3 is 0 Å². The maximum absolute atomic E-state index is 12.4. The van der Waals surface area contributed by atoms with Crippen LogP contribution in [0.1, 0.15) is 9.67 Å². The molecule has 1 aliphatic heterocycles. The summed E-state index contributed by atoms with van der Waals surface area (Å²) >= 11 is 7.14. The summed E-state index contributed by atoms with van der Waals surface area (Å²) in [6.07, 6.45) is 0. The molecule has 0 amide bonds. The number of benzene rings is 1. The Morgan fingerprint density at radius 1 is 1.27 bits per heavy atom. The summed E-state index contributed by atoms with van der Waals surface area (Å²) in [5.41, 5.74) is 3.33. The molecule has 0 radical (unpaired) electrons. The highest BCUT2D eigenvalue weighted by molar-refractivity contribution is 8.09. The van der Waals surface area contributed by atoms with Gasteiger partial charge in [-0.15, -0.1) is 11.3 Å². The quantitative estimate of drug-likeness (QED) is 0.840. The summed E-state index contributed by atoms with van der Waals surface area (Å²) in [7, 11) is -2.60. The first kappa shape index (κ1) is 15.0. The zero-order valence-electron chi connectivity index (χ0n) is 11.3. The van der Waals surface area contributed by atoms with Crippen LogP contribution in [0.3, 0.4) is 0 Å². The molecule has 114 valence electrons. The van der Waals surface area contributed by atoms with Crippen LogP contribution in [0.5, 0.6) is 0 Å². The maximum Gasteiger partial charge on any atom is 0.287 e. The molecular formula is C13H10ClN3O3S2. The van der Waals surface area contributed by atoms with E-state index >= 15 is 0 Å². The van der Waals surface area contributed by atoms with Gasteiger partial charge in [0.05, 0.1) is 16.4 Å². The molecule has 9 heteroatoms. The van der Waals surface area contributed by atoms with Crippen LogP contribution >= 0.6 is 22.9 Å². The summed E-state index contributed by atoms with van der Waals surface area (Å²) in [6.45, 7) is 0. The van der Waals surface area contributed by atoms with Gasteiger partial charge in [0.25, 0.3) is 10.0 Å². The van der Waals surface area contributed by atoms with Crippen LogP contribution in [-0.2, 0) is 10.0 Å². The van der Waals surface area contributed by atoms with Crippen molar-refractivity contribution in [2.45, 2.75) is 0 Å². The second-order valence-corrected chi connectivity index (χ2v) is 7.65. The molecule has 6 nitrogen and oxygen atoms in total. The Morgan fingerprint density at radius 3 is 2.73 bits per heavy atom. The zero-order chi connectivity index (χ0) is 15.9. The molecule has 0 fully saturated rings. The Labute approximate surface area is 136 Å². The van der Waals surface area contributed by atoms with E-state index in [1.54, 1.807) is 35.7 Å². The summed E-state index contributed by atoms with van der Waals surface area (Å²) in [6, 6.07) is 8.30. The molecule has 2 heterocycles. The lowest BCUT2D eigenvalue weighted by Crippen LogP contribution is -2.42. The molecule has 2 aromatic rings. The summed E-state index contributed by atoms with van der Waals surface area (Å²) in [5, 5.41) is 5.27. The fraction of sp³-hybridized carbons (Fsp3) is 0.0769. The van der Waals surface area contributed by atoms with E-state index in [1.807, 2.05) is 0 Å². The molecule has 3 rings (SSSR count). The van der Waals surface area contributed by atoms with Gasteiger partial charge < -0.3 is 0 Å². The molecule has 0 unspecified atom stereocenters. The first-order valence-electron chi connectivity index (χ1n) is 6.12. The summed E-state index contributed by atoms with van der Waals surface area (Å²) in [4.78, 5) is 12.7. The van der Waals surface area contributed by atoms with Gasteiger partial charge in [0.1, 0.15) is 4.88 Å². The van der Waals surface area contributed by atoms with E-state index in [1.165, 1.54) is 18.4 Å². The van der Waals surface area contributed by atoms with Crippen LogP contribution in [0.25, 0.3) is 0 Å². The van der Waals surface area contributed by atoms with Crippen molar-refractivity contribution in [3.63, 3.8) is 0 Å². The van der Waals surface area contributed by atoms with Crippen molar-refractivity contribution in [2.24, 2.45) is 5.10 Å². The molecule has 22 heavy (non-hydrogen) atoms. The zero-order valence-corrected chi connectivity index (χ0v) is 13.7. The van der Waals surface area contributed by atoms with Crippen molar-refractivity contribution in [3.05, 3.63) is 45.6 Å². The monoisotopic (exact) mass is 355 g/mol. The molecule has 1 aromatic heterocycles. The number of ketones is 1. The lowest BCUT2D eigenvalue weighted by atomic mass is 10.3. The molecule has 1 N–H and O–H groups in total. The third-order valence-electron chi connectivity index (χ3n) is 3.14.